The van der Waals surface area contributed by atoms with E-state index >= 15 is 0 Å². The zero-order valence-electron chi connectivity index (χ0n) is 24.3. The quantitative estimate of drug-likeness (QED) is 0.346. The number of likely N-dealkylation sites (N-methyl/N-ethyl adjacent to an activating group) is 1. The van der Waals surface area contributed by atoms with Crippen LogP contribution < -0.4 is 10.6 Å². The van der Waals surface area contributed by atoms with E-state index in [1.54, 1.807) is 27.8 Å². The third-order valence-corrected chi connectivity index (χ3v) is 7.00. The highest BCUT2D eigenvalue weighted by Crippen LogP contribution is 2.27. The van der Waals surface area contributed by atoms with Crippen molar-refractivity contribution in [1.82, 2.24) is 10.2 Å². The second kappa shape index (κ2) is 12.3. The fourth-order valence-corrected chi connectivity index (χ4v) is 4.43. The van der Waals surface area contributed by atoms with Gasteiger partial charge in [-0.2, -0.15) is 0 Å². The molecule has 0 aliphatic rings. The molecular weight excluding hydrogens is 490 g/mol. The summed E-state index contributed by atoms with van der Waals surface area (Å²) in [7, 11) is 1.61. The lowest BCUT2D eigenvalue weighted by Gasteiger charge is -2.33. The summed E-state index contributed by atoms with van der Waals surface area (Å²) in [4.78, 5) is 41.8. The van der Waals surface area contributed by atoms with Gasteiger partial charge >= 0.3 is 6.09 Å². The van der Waals surface area contributed by atoms with Crippen LogP contribution in [0, 0.1) is 19.8 Å². The van der Waals surface area contributed by atoms with Crippen molar-refractivity contribution in [2.24, 2.45) is 5.92 Å². The summed E-state index contributed by atoms with van der Waals surface area (Å²) in [6.45, 7) is 13.1. The van der Waals surface area contributed by atoms with E-state index in [1.165, 1.54) is 4.90 Å². The molecule has 3 unspecified atom stereocenters. The van der Waals surface area contributed by atoms with Crippen molar-refractivity contribution in [3.63, 3.8) is 0 Å². The van der Waals surface area contributed by atoms with Crippen LogP contribution in [0.3, 0.4) is 0 Å². The van der Waals surface area contributed by atoms with Gasteiger partial charge in [-0.1, -0.05) is 68.8 Å². The number of rotatable bonds is 8. The molecule has 0 radical (unpaired) electrons. The Hall–Kier alpha value is -3.87. The van der Waals surface area contributed by atoms with Crippen LogP contribution >= 0.6 is 0 Å². The fraction of sp³-hybridized carbons (Fsp3) is 0.406. The van der Waals surface area contributed by atoms with Crippen LogP contribution in [0.25, 0.3) is 10.8 Å². The molecule has 3 amide bonds. The molecule has 7 heteroatoms. The van der Waals surface area contributed by atoms with Crippen LogP contribution in [-0.4, -0.2) is 41.5 Å². The van der Waals surface area contributed by atoms with Gasteiger partial charge in [-0.05, 0) is 80.1 Å². The van der Waals surface area contributed by atoms with Crippen molar-refractivity contribution in [2.45, 2.75) is 72.6 Å². The number of hydrogen-bond donors (Lipinski definition) is 2. The Kier molecular flexibility index (Phi) is 9.38. The van der Waals surface area contributed by atoms with Gasteiger partial charge < -0.3 is 20.3 Å². The molecule has 0 fully saturated rings. The summed E-state index contributed by atoms with van der Waals surface area (Å²) in [5, 5.41) is 7.84. The maximum atomic E-state index is 13.9. The molecule has 3 aromatic rings. The number of benzene rings is 3. The number of amides is 3. The molecule has 0 aliphatic carbocycles. The third-order valence-electron chi connectivity index (χ3n) is 7.00. The minimum absolute atomic E-state index is 0.184. The highest BCUT2D eigenvalue weighted by atomic mass is 16.6. The Morgan fingerprint density at radius 1 is 0.923 bits per heavy atom. The highest BCUT2D eigenvalue weighted by molar-refractivity contribution is 6.00. The van der Waals surface area contributed by atoms with E-state index < -0.39 is 23.8 Å². The second-order valence-electron chi connectivity index (χ2n) is 11.3. The molecule has 3 atom stereocenters. The summed E-state index contributed by atoms with van der Waals surface area (Å²) < 4.78 is 5.43. The van der Waals surface area contributed by atoms with Gasteiger partial charge in [-0.25, -0.2) is 4.79 Å². The van der Waals surface area contributed by atoms with Crippen molar-refractivity contribution in [2.75, 3.05) is 12.4 Å². The minimum atomic E-state index is -0.921. The Morgan fingerprint density at radius 3 is 2.21 bits per heavy atom. The monoisotopic (exact) mass is 531 g/mol. The van der Waals surface area contributed by atoms with Crippen molar-refractivity contribution in [3.8, 4) is 0 Å². The predicted octanol–water partition coefficient (Wildman–Crippen LogP) is 6.53. The van der Waals surface area contributed by atoms with Crippen molar-refractivity contribution in [1.29, 1.82) is 0 Å². The summed E-state index contributed by atoms with van der Waals surface area (Å²) in [6.07, 6.45) is -0.0182. The first kappa shape index (κ1) is 29.7. The first-order chi connectivity index (χ1) is 18.3. The van der Waals surface area contributed by atoms with Gasteiger partial charge in [0.2, 0.25) is 5.91 Å². The highest BCUT2D eigenvalue weighted by Gasteiger charge is 2.36. The second-order valence-corrected chi connectivity index (χ2v) is 11.3. The van der Waals surface area contributed by atoms with Gasteiger partial charge in [0.1, 0.15) is 17.7 Å². The number of fused-ring (bicyclic) bond motifs is 1. The van der Waals surface area contributed by atoms with Crippen LogP contribution in [0.15, 0.2) is 60.7 Å². The molecule has 0 aromatic heterocycles. The number of anilines is 1. The summed E-state index contributed by atoms with van der Waals surface area (Å²) in [5.74, 6) is -0.895. The summed E-state index contributed by atoms with van der Waals surface area (Å²) >= 11 is 0. The SMILES string of the molecule is CCC(C)C(NC(=O)OC(C)(C)C)C(=O)N(C)C(C(=O)Nc1ccc2ccccc2c1)c1ccc(C)c(C)c1. The number of alkyl carbamates (subject to hydrolysis) is 1. The molecule has 208 valence electrons. The number of nitrogens with one attached hydrogen (secondary N) is 2. The first-order valence-electron chi connectivity index (χ1n) is 13.4. The normalized spacial score (nSPS) is 13.7. The first-order valence-corrected chi connectivity index (χ1v) is 13.4. The lowest BCUT2D eigenvalue weighted by atomic mass is 9.95. The topological polar surface area (TPSA) is 87.7 Å². The molecule has 7 nitrogen and oxygen atoms in total. The van der Waals surface area contributed by atoms with Crippen molar-refractivity contribution in [3.05, 3.63) is 77.4 Å². The number of carbonyl (C=O) groups excluding carboxylic acids is 3. The van der Waals surface area contributed by atoms with E-state index in [0.717, 1.165) is 21.9 Å². The number of carbonyl (C=O) groups is 3. The molecule has 0 aliphatic heterocycles. The number of nitrogens with zero attached hydrogens (tertiary/aromatic N) is 1. The maximum absolute atomic E-state index is 13.9. The maximum Gasteiger partial charge on any atom is 0.408 e. The molecular formula is C32H41N3O4. The minimum Gasteiger partial charge on any atom is -0.444 e. The van der Waals surface area contributed by atoms with E-state index in [4.69, 9.17) is 4.74 Å². The van der Waals surface area contributed by atoms with Crippen LogP contribution in [-0.2, 0) is 14.3 Å². The number of hydrogen-bond acceptors (Lipinski definition) is 4. The molecule has 0 saturated heterocycles. The Morgan fingerprint density at radius 2 is 1.59 bits per heavy atom. The lowest BCUT2D eigenvalue weighted by Crippen LogP contribution is -2.53. The Balaban J connectivity index is 1.96. The van der Waals surface area contributed by atoms with Crippen LogP contribution in [0.2, 0.25) is 0 Å². The molecule has 2 N–H and O–H groups in total. The average Bonchev–Trinajstić information content (AvgIpc) is 2.87. The molecule has 0 bridgehead atoms. The number of aryl methyl sites for hydroxylation is 2. The van der Waals surface area contributed by atoms with E-state index in [2.05, 4.69) is 10.6 Å². The molecule has 0 heterocycles. The lowest BCUT2D eigenvalue weighted by molar-refractivity contribution is -0.140. The standard InChI is InChI=1S/C32H41N3O4/c1-9-20(2)27(34-31(38)39-32(5,6)7)30(37)35(8)28(25-15-14-21(3)22(4)18-25)29(36)33-26-17-16-23-12-10-11-13-24(23)19-26/h10-20,27-28H,9H2,1-8H3,(H,33,36)(H,34,38). The molecule has 39 heavy (non-hydrogen) atoms. The summed E-state index contributed by atoms with van der Waals surface area (Å²) in [5.41, 5.74) is 2.72. The van der Waals surface area contributed by atoms with E-state index in [9.17, 15) is 14.4 Å². The smallest absolute Gasteiger partial charge is 0.408 e. The predicted molar refractivity (Wildman–Crippen MR) is 157 cm³/mol. The van der Waals surface area contributed by atoms with Gasteiger partial charge in [0.25, 0.3) is 5.91 Å². The zero-order valence-corrected chi connectivity index (χ0v) is 24.3. The van der Waals surface area contributed by atoms with Gasteiger partial charge in [0, 0.05) is 12.7 Å². The largest absolute Gasteiger partial charge is 0.444 e. The third kappa shape index (κ3) is 7.59. The van der Waals surface area contributed by atoms with Gasteiger partial charge in [0.15, 0.2) is 0 Å². The molecule has 0 saturated carbocycles. The molecule has 0 spiro atoms. The Labute approximate surface area is 231 Å². The zero-order chi connectivity index (χ0) is 28.9. The van der Waals surface area contributed by atoms with Crippen LogP contribution in [0.5, 0.6) is 0 Å². The van der Waals surface area contributed by atoms with Crippen LogP contribution in [0.1, 0.15) is 63.8 Å². The van der Waals surface area contributed by atoms with Gasteiger partial charge in [-0.15, -0.1) is 0 Å². The average molecular weight is 532 g/mol. The van der Waals surface area contributed by atoms with Crippen molar-refractivity contribution < 1.29 is 19.1 Å². The fourth-order valence-electron chi connectivity index (χ4n) is 4.43. The van der Waals surface area contributed by atoms with E-state index in [0.29, 0.717) is 17.7 Å². The molecule has 3 aromatic carbocycles. The van der Waals surface area contributed by atoms with Gasteiger partial charge in [-0.3, -0.25) is 9.59 Å². The van der Waals surface area contributed by atoms with E-state index in [1.807, 2.05) is 88.4 Å². The summed E-state index contributed by atoms with van der Waals surface area (Å²) in [6, 6.07) is 17.6. The van der Waals surface area contributed by atoms with Crippen LogP contribution in [0.4, 0.5) is 10.5 Å². The van der Waals surface area contributed by atoms with E-state index in [-0.39, 0.29) is 17.7 Å². The van der Waals surface area contributed by atoms with Gasteiger partial charge in [0.05, 0.1) is 0 Å². The van der Waals surface area contributed by atoms with Crippen molar-refractivity contribution >= 4 is 34.4 Å². The Bertz CT molecular complexity index is 1340. The molecule has 3 rings (SSSR count). The number of ether oxygens (including phenoxy) is 1.